The number of nitrogens with zero attached hydrogens (tertiary/aromatic N) is 1. The summed E-state index contributed by atoms with van der Waals surface area (Å²) >= 11 is 3.39. The molecule has 7 heteroatoms. The monoisotopic (exact) mass is 400 g/mol. The maximum Gasteiger partial charge on any atom is 0.408 e. The third kappa shape index (κ3) is 4.47. The lowest BCUT2D eigenvalue weighted by atomic mass is 10.1. The molecule has 0 saturated carbocycles. The predicted octanol–water partition coefficient (Wildman–Crippen LogP) is 3.91. The van der Waals surface area contributed by atoms with Gasteiger partial charge in [-0.3, -0.25) is 4.79 Å². The van der Waals surface area contributed by atoms with Crippen LogP contribution in [0.1, 0.15) is 44.5 Å². The summed E-state index contributed by atoms with van der Waals surface area (Å²) in [7, 11) is 0. The van der Waals surface area contributed by atoms with Gasteiger partial charge >= 0.3 is 6.09 Å². The average molecular weight is 401 g/mol. The summed E-state index contributed by atoms with van der Waals surface area (Å²) < 4.78 is 19.5. The van der Waals surface area contributed by atoms with E-state index in [0.29, 0.717) is 13.0 Å². The second-order valence-electron chi connectivity index (χ2n) is 6.80. The molecular weight excluding hydrogens is 379 g/mol. The molecule has 1 saturated heterocycles. The Morgan fingerprint density at radius 3 is 2.67 bits per heavy atom. The molecule has 2 amide bonds. The number of alkyl carbamates (subject to hydrolysis) is 1. The summed E-state index contributed by atoms with van der Waals surface area (Å²) in [5, 5.41) is 2.55. The van der Waals surface area contributed by atoms with Gasteiger partial charge in [0, 0.05) is 11.4 Å². The molecule has 5 nitrogen and oxygen atoms in total. The van der Waals surface area contributed by atoms with Crippen LogP contribution in [-0.2, 0) is 9.53 Å². The third-order valence-electron chi connectivity index (χ3n) is 3.62. The lowest BCUT2D eigenvalue weighted by Gasteiger charge is -2.22. The zero-order valence-electron chi connectivity index (χ0n) is 14.2. The minimum absolute atomic E-state index is 0.0249. The Hall–Kier alpha value is -1.63. The summed E-state index contributed by atoms with van der Waals surface area (Å²) in [6.07, 6.45) is -0.236. The van der Waals surface area contributed by atoms with Crippen molar-refractivity contribution < 1.29 is 18.7 Å². The van der Waals surface area contributed by atoms with E-state index in [0.717, 1.165) is 5.56 Å². The number of benzene rings is 1. The van der Waals surface area contributed by atoms with Gasteiger partial charge in [-0.05, 0) is 51.8 Å². The zero-order chi connectivity index (χ0) is 18.1. The van der Waals surface area contributed by atoms with Crippen LogP contribution in [0.2, 0.25) is 0 Å². The van der Waals surface area contributed by atoms with E-state index in [1.54, 1.807) is 32.9 Å². The molecule has 1 aliphatic rings. The maximum atomic E-state index is 14.3. The quantitative estimate of drug-likeness (QED) is 0.782. The van der Waals surface area contributed by atoms with Gasteiger partial charge in [0.2, 0.25) is 5.91 Å². The van der Waals surface area contributed by atoms with Crippen LogP contribution >= 0.6 is 15.9 Å². The second kappa shape index (κ2) is 7.09. The number of alkyl halides is 1. The molecule has 0 spiro atoms. The molecule has 2 unspecified atom stereocenters. The van der Waals surface area contributed by atoms with Crippen LogP contribution in [0.4, 0.5) is 14.9 Å². The van der Waals surface area contributed by atoms with Crippen molar-refractivity contribution >= 4 is 33.6 Å². The maximum absolute atomic E-state index is 14.3. The topological polar surface area (TPSA) is 58.6 Å². The van der Waals surface area contributed by atoms with Gasteiger partial charge in [0.15, 0.2) is 0 Å². The van der Waals surface area contributed by atoms with Crippen molar-refractivity contribution in [2.45, 2.75) is 50.6 Å². The van der Waals surface area contributed by atoms with E-state index in [4.69, 9.17) is 4.74 Å². The second-order valence-corrected chi connectivity index (χ2v) is 8.18. The van der Waals surface area contributed by atoms with E-state index < -0.39 is 23.6 Å². The highest BCUT2D eigenvalue weighted by atomic mass is 79.9. The molecule has 132 valence electrons. The summed E-state index contributed by atoms with van der Waals surface area (Å²) in [6.45, 7) is 7.49. The molecular formula is C17H22BrFN2O3. The fourth-order valence-corrected chi connectivity index (χ4v) is 2.78. The number of carbonyl (C=O) groups is 2. The van der Waals surface area contributed by atoms with Crippen molar-refractivity contribution in [2.75, 3.05) is 11.4 Å². The van der Waals surface area contributed by atoms with Gasteiger partial charge < -0.3 is 15.0 Å². The van der Waals surface area contributed by atoms with Gasteiger partial charge in [0.25, 0.3) is 0 Å². The first kappa shape index (κ1) is 18.7. The van der Waals surface area contributed by atoms with E-state index in [1.165, 1.54) is 11.0 Å². The number of hydrogen-bond acceptors (Lipinski definition) is 3. The van der Waals surface area contributed by atoms with Gasteiger partial charge in [-0.25, -0.2) is 9.18 Å². The van der Waals surface area contributed by atoms with Crippen LogP contribution in [0, 0.1) is 5.82 Å². The molecule has 1 aromatic rings. The molecule has 1 heterocycles. The fraction of sp³-hybridized carbons (Fsp3) is 0.529. The summed E-state index contributed by atoms with van der Waals surface area (Å²) in [5.41, 5.74) is 0.386. The Morgan fingerprint density at radius 1 is 1.46 bits per heavy atom. The molecule has 1 aliphatic heterocycles. The lowest BCUT2D eigenvalue weighted by Crippen LogP contribution is -2.43. The highest BCUT2D eigenvalue weighted by Gasteiger charge is 2.35. The number of anilines is 1. The first-order valence-electron chi connectivity index (χ1n) is 7.83. The SMILES string of the molecule is CC(Br)c1ccc(N2CCC(NC(=O)OC(C)(C)C)C2=O)c(F)c1. The van der Waals surface area contributed by atoms with E-state index in [9.17, 15) is 14.0 Å². The molecule has 1 fully saturated rings. The molecule has 2 rings (SSSR count). The summed E-state index contributed by atoms with van der Waals surface area (Å²) in [5.74, 6) is -0.788. The summed E-state index contributed by atoms with van der Waals surface area (Å²) in [4.78, 5) is 25.7. The Morgan fingerprint density at radius 2 is 2.12 bits per heavy atom. The molecule has 1 aromatic carbocycles. The van der Waals surface area contributed by atoms with E-state index in [2.05, 4.69) is 21.2 Å². The molecule has 0 bridgehead atoms. The molecule has 0 radical (unpaired) electrons. The number of halogens is 2. The van der Waals surface area contributed by atoms with E-state index >= 15 is 0 Å². The Balaban J connectivity index is 2.08. The Labute approximate surface area is 149 Å². The molecule has 1 N–H and O–H groups in total. The van der Waals surface area contributed by atoms with Gasteiger partial charge in [-0.15, -0.1) is 0 Å². The summed E-state index contributed by atoms with van der Waals surface area (Å²) in [6, 6.07) is 4.08. The van der Waals surface area contributed by atoms with Crippen LogP contribution in [0.3, 0.4) is 0 Å². The predicted molar refractivity (Wildman–Crippen MR) is 93.9 cm³/mol. The van der Waals surface area contributed by atoms with Crippen molar-refractivity contribution in [2.24, 2.45) is 0 Å². The highest BCUT2D eigenvalue weighted by Crippen LogP contribution is 2.29. The van der Waals surface area contributed by atoms with Crippen molar-refractivity contribution in [3.8, 4) is 0 Å². The van der Waals surface area contributed by atoms with Crippen LogP contribution < -0.4 is 10.2 Å². The third-order valence-corrected chi connectivity index (χ3v) is 4.15. The normalized spacial score (nSPS) is 19.3. The average Bonchev–Trinajstić information content (AvgIpc) is 2.78. The molecule has 2 atom stereocenters. The van der Waals surface area contributed by atoms with Crippen molar-refractivity contribution in [1.82, 2.24) is 5.32 Å². The van der Waals surface area contributed by atoms with Gasteiger partial charge in [-0.2, -0.15) is 0 Å². The number of carbonyl (C=O) groups excluding carboxylic acids is 2. The van der Waals surface area contributed by atoms with Gasteiger partial charge in [-0.1, -0.05) is 22.0 Å². The van der Waals surface area contributed by atoms with Crippen LogP contribution in [0.5, 0.6) is 0 Å². The van der Waals surface area contributed by atoms with Crippen molar-refractivity contribution in [3.05, 3.63) is 29.6 Å². The molecule has 0 aliphatic carbocycles. The standard InChI is InChI=1S/C17H22BrFN2O3/c1-10(18)11-5-6-14(12(19)9-11)21-8-7-13(15(21)22)20-16(23)24-17(2,3)4/h5-6,9-10,13H,7-8H2,1-4H3,(H,20,23). The zero-order valence-corrected chi connectivity index (χ0v) is 15.8. The first-order chi connectivity index (χ1) is 11.1. The largest absolute Gasteiger partial charge is 0.444 e. The number of amides is 2. The Kier molecular flexibility index (Phi) is 5.52. The van der Waals surface area contributed by atoms with Crippen molar-refractivity contribution in [3.63, 3.8) is 0 Å². The van der Waals surface area contributed by atoms with Crippen molar-refractivity contribution in [1.29, 1.82) is 0 Å². The number of hydrogen-bond donors (Lipinski definition) is 1. The van der Waals surface area contributed by atoms with Gasteiger partial charge in [0.1, 0.15) is 17.5 Å². The van der Waals surface area contributed by atoms with Crippen LogP contribution in [-0.4, -0.2) is 30.2 Å². The van der Waals surface area contributed by atoms with Crippen LogP contribution in [0.25, 0.3) is 0 Å². The first-order valence-corrected chi connectivity index (χ1v) is 8.74. The minimum Gasteiger partial charge on any atom is -0.444 e. The minimum atomic E-state index is -0.700. The number of ether oxygens (including phenoxy) is 1. The number of nitrogens with one attached hydrogen (secondary N) is 1. The Bertz CT molecular complexity index is 643. The smallest absolute Gasteiger partial charge is 0.408 e. The fourth-order valence-electron chi connectivity index (χ4n) is 2.49. The lowest BCUT2D eigenvalue weighted by molar-refractivity contribution is -0.118. The van der Waals surface area contributed by atoms with Gasteiger partial charge in [0.05, 0.1) is 5.69 Å². The van der Waals surface area contributed by atoms with E-state index in [1.807, 2.05) is 6.92 Å². The molecule has 0 aromatic heterocycles. The number of rotatable bonds is 3. The van der Waals surface area contributed by atoms with Crippen LogP contribution in [0.15, 0.2) is 18.2 Å². The highest BCUT2D eigenvalue weighted by molar-refractivity contribution is 9.09. The molecule has 24 heavy (non-hydrogen) atoms. The van der Waals surface area contributed by atoms with E-state index in [-0.39, 0.29) is 16.4 Å².